The summed E-state index contributed by atoms with van der Waals surface area (Å²) in [6.45, 7) is 2.73. The molecule has 0 N–H and O–H groups in total. The summed E-state index contributed by atoms with van der Waals surface area (Å²) in [5, 5.41) is 8.83. The predicted octanol–water partition coefficient (Wildman–Crippen LogP) is 2.85. The van der Waals surface area contributed by atoms with Crippen molar-refractivity contribution in [3.05, 3.63) is 54.1 Å². The lowest BCUT2D eigenvalue weighted by Gasteiger charge is -2.35. The molecule has 0 aliphatic carbocycles. The van der Waals surface area contributed by atoms with Gasteiger partial charge in [-0.05, 0) is 48.5 Å². The van der Waals surface area contributed by atoms with Gasteiger partial charge in [0.2, 0.25) is 6.79 Å². The monoisotopic (exact) mass is 448 g/mol. The van der Waals surface area contributed by atoms with Crippen LogP contribution in [0.5, 0.6) is 23.0 Å². The fourth-order valence-corrected chi connectivity index (χ4v) is 4.00. The number of rotatable bonds is 5. The van der Waals surface area contributed by atoms with Gasteiger partial charge in [-0.1, -0.05) is 0 Å². The van der Waals surface area contributed by atoms with Gasteiger partial charge in [-0.2, -0.15) is 0 Å². The van der Waals surface area contributed by atoms with E-state index in [1.54, 1.807) is 32.4 Å². The lowest BCUT2D eigenvalue weighted by atomic mass is 10.1. The summed E-state index contributed by atoms with van der Waals surface area (Å²) in [7, 11) is 3.24. The molecule has 0 radical (unpaired) electrons. The lowest BCUT2D eigenvalue weighted by Crippen LogP contribution is -2.49. The molecule has 0 saturated carbocycles. The molecule has 9 nitrogen and oxygen atoms in total. The molecule has 2 aromatic carbocycles. The first-order valence-corrected chi connectivity index (χ1v) is 10.7. The highest BCUT2D eigenvalue weighted by Gasteiger charge is 2.25. The minimum absolute atomic E-state index is 0.0143. The van der Waals surface area contributed by atoms with Crippen LogP contribution in [-0.2, 0) is 0 Å². The third-order valence-electron chi connectivity index (χ3n) is 5.84. The highest BCUT2D eigenvalue weighted by molar-refractivity contribution is 5.95. The van der Waals surface area contributed by atoms with Crippen LogP contribution in [0.4, 0.5) is 5.82 Å². The van der Waals surface area contributed by atoms with E-state index in [4.69, 9.17) is 18.9 Å². The Bertz CT molecular complexity index is 1160. The molecule has 170 valence electrons. The summed E-state index contributed by atoms with van der Waals surface area (Å²) in [4.78, 5) is 16.9. The van der Waals surface area contributed by atoms with Crippen LogP contribution in [0.1, 0.15) is 10.4 Å². The number of carbonyl (C=O) groups is 1. The number of hydrogen-bond donors (Lipinski definition) is 0. The van der Waals surface area contributed by atoms with Gasteiger partial charge in [-0.3, -0.25) is 4.79 Å². The van der Waals surface area contributed by atoms with E-state index in [9.17, 15) is 4.79 Å². The molecule has 0 bridgehead atoms. The van der Waals surface area contributed by atoms with Crippen molar-refractivity contribution in [2.45, 2.75) is 0 Å². The molecule has 0 unspecified atom stereocenters. The Morgan fingerprint density at radius 2 is 1.70 bits per heavy atom. The van der Waals surface area contributed by atoms with Gasteiger partial charge >= 0.3 is 0 Å². The number of benzene rings is 2. The Labute approximate surface area is 191 Å². The van der Waals surface area contributed by atoms with E-state index < -0.39 is 0 Å². The Balaban J connectivity index is 1.25. The van der Waals surface area contributed by atoms with Crippen LogP contribution in [0.2, 0.25) is 0 Å². The summed E-state index contributed by atoms with van der Waals surface area (Å²) in [5.74, 6) is 3.47. The van der Waals surface area contributed by atoms with Crippen LogP contribution in [-0.4, -0.2) is 68.2 Å². The largest absolute Gasteiger partial charge is 0.497 e. The first-order chi connectivity index (χ1) is 16.2. The van der Waals surface area contributed by atoms with Crippen LogP contribution in [0.25, 0.3) is 11.3 Å². The number of aromatic nitrogens is 2. The molecule has 2 aliphatic heterocycles. The Kier molecular flexibility index (Phi) is 5.60. The van der Waals surface area contributed by atoms with Gasteiger partial charge in [0.25, 0.3) is 5.91 Å². The van der Waals surface area contributed by atoms with Crippen molar-refractivity contribution in [2.24, 2.45) is 0 Å². The third-order valence-corrected chi connectivity index (χ3v) is 5.84. The molecule has 5 rings (SSSR count). The summed E-state index contributed by atoms with van der Waals surface area (Å²) in [5.41, 5.74) is 2.12. The van der Waals surface area contributed by atoms with E-state index in [2.05, 4.69) is 15.1 Å². The van der Waals surface area contributed by atoms with Crippen molar-refractivity contribution < 1.29 is 23.7 Å². The topological polar surface area (TPSA) is 86.3 Å². The number of amides is 1. The van der Waals surface area contributed by atoms with Gasteiger partial charge in [0.15, 0.2) is 17.3 Å². The number of ether oxygens (including phenoxy) is 4. The normalized spacial score (nSPS) is 14.8. The first kappa shape index (κ1) is 20.9. The number of fused-ring (bicyclic) bond motifs is 1. The molecule has 0 atom stereocenters. The third kappa shape index (κ3) is 4.09. The maximum atomic E-state index is 12.9. The van der Waals surface area contributed by atoms with Crippen molar-refractivity contribution in [1.29, 1.82) is 0 Å². The number of methoxy groups -OCH3 is 2. The van der Waals surface area contributed by atoms with Crippen molar-refractivity contribution in [3.8, 4) is 34.3 Å². The molecule has 3 heterocycles. The zero-order valence-corrected chi connectivity index (χ0v) is 18.5. The van der Waals surface area contributed by atoms with Gasteiger partial charge in [0.05, 0.1) is 19.9 Å². The number of hydrogen-bond acceptors (Lipinski definition) is 8. The van der Waals surface area contributed by atoms with Crippen LogP contribution in [0.15, 0.2) is 48.5 Å². The summed E-state index contributed by atoms with van der Waals surface area (Å²) in [6.07, 6.45) is 0. The van der Waals surface area contributed by atoms with Gasteiger partial charge < -0.3 is 28.7 Å². The molecule has 33 heavy (non-hydrogen) atoms. The van der Waals surface area contributed by atoms with E-state index in [0.717, 1.165) is 17.1 Å². The van der Waals surface area contributed by atoms with E-state index >= 15 is 0 Å². The van der Waals surface area contributed by atoms with Crippen LogP contribution in [0, 0.1) is 0 Å². The maximum absolute atomic E-state index is 12.9. The molecule has 3 aromatic rings. The SMILES string of the molecule is COc1ccc(OC)c(-c2ccc(N3CCN(C(=O)c4ccc5c(c4)OCO5)CC3)nn2)c1. The smallest absolute Gasteiger partial charge is 0.254 e. The average Bonchev–Trinajstić information content (AvgIpc) is 3.36. The second-order valence-electron chi connectivity index (χ2n) is 7.69. The molecule has 2 aliphatic rings. The Hall–Kier alpha value is -4.01. The second kappa shape index (κ2) is 8.85. The number of carbonyl (C=O) groups excluding carboxylic acids is 1. The number of anilines is 1. The summed E-state index contributed by atoms with van der Waals surface area (Å²) >= 11 is 0. The molecule has 1 amide bonds. The highest BCUT2D eigenvalue weighted by Crippen LogP contribution is 2.34. The summed E-state index contributed by atoms with van der Waals surface area (Å²) < 4.78 is 21.5. The van der Waals surface area contributed by atoms with Crippen molar-refractivity contribution >= 4 is 11.7 Å². The van der Waals surface area contributed by atoms with Crippen LogP contribution >= 0.6 is 0 Å². The van der Waals surface area contributed by atoms with Crippen LogP contribution in [0.3, 0.4) is 0 Å². The minimum atomic E-state index is -0.0143. The van der Waals surface area contributed by atoms with Crippen LogP contribution < -0.4 is 23.8 Å². The second-order valence-corrected chi connectivity index (χ2v) is 7.69. The van der Waals surface area contributed by atoms with Crippen molar-refractivity contribution in [1.82, 2.24) is 15.1 Å². The van der Waals surface area contributed by atoms with E-state index in [1.807, 2.05) is 35.2 Å². The van der Waals surface area contributed by atoms with Crippen molar-refractivity contribution in [2.75, 3.05) is 52.1 Å². The standard InChI is InChI=1S/C24H24N4O5/c1-30-17-4-7-20(31-2)18(14-17)19-5-8-23(26-25-19)27-9-11-28(12-10-27)24(29)16-3-6-21-22(13-16)33-15-32-21/h3-8,13-14H,9-12,15H2,1-2H3. The lowest BCUT2D eigenvalue weighted by molar-refractivity contribution is 0.0746. The van der Waals surface area contributed by atoms with Crippen molar-refractivity contribution in [3.63, 3.8) is 0 Å². The molecule has 0 spiro atoms. The highest BCUT2D eigenvalue weighted by atomic mass is 16.7. The van der Waals surface area contributed by atoms with Gasteiger partial charge in [-0.25, -0.2) is 0 Å². The van der Waals surface area contributed by atoms with E-state index in [-0.39, 0.29) is 12.7 Å². The molecule has 9 heteroatoms. The quantitative estimate of drug-likeness (QED) is 0.589. The number of nitrogens with zero attached hydrogens (tertiary/aromatic N) is 4. The van der Waals surface area contributed by atoms with Gasteiger partial charge in [0.1, 0.15) is 11.5 Å². The fraction of sp³-hybridized carbons (Fsp3) is 0.292. The van der Waals surface area contributed by atoms with Gasteiger partial charge in [0, 0.05) is 37.3 Å². The Morgan fingerprint density at radius 1 is 0.879 bits per heavy atom. The summed E-state index contributed by atoms with van der Waals surface area (Å²) in [6, 6.07) is 14.7. The first-order valence-electron chi connectivity index (χ1n) is 10.7. The molecular weight excluding hydrogens is 424 g/mol. The number of piperazine rings is 1. The predicted molar refractivity (Wildman–Crippen MR) is 121 cm³/mol. The molecule has 1 aromatic heterocycles. The van der Waals surface area contributed by atoms with Gasteiger partial charge in [-0.15, -0.1) is 10.2 Å². The average molecular weight is 448 g/mol. The van der Waals surface area contributed by atoms with E-state index in [1.165, 1.54) is 0 Å². The maximum Gasteiger partial charge on any atom is 0.254 e. The fourth-order valence-electron chi connectivity index (χ4n) is 4.00. The molecular formula is C24H24N4O5. The van der Waals surface area contributed by atoms with E-state index in [0.29, 0.717) is 54.7 Å². The zero-order chi connectivity index (χ0) is 22.8. The minimum Gasteiger partial charge on any atom is -0.497 e. The molecule has 1 fully saturated rings. The molecule has 1 saturated heterocycles. The Morgan fingerprint density at radius 3 is 2.42 bits per heavy atom. The zero-order valence-electron chi connectivity index (χ0n) is 18.5.